The second-order valence-electron chi connectivity index (χ2n) is 8.43. The van der Waals surface area contributed by atoms with Crippen LogP contribution in [0, 0.1) is 0 Å². The van der Waals surface area contributed by atoms with Gasteiger partial charge in [0.25, 0.3) is 0 Å². The minimum atomic E-state index is -0.798. The van der Waals surface area contributed by atoms with Crippen LogP contribution in [0.5, 0.6) is 23.1 Å². The summed E-state index contributed by atoms with van der Waals surface area (Å²) in [4.78, 5) is 15.5. The maximum Gasteiger partial charge on any atom is 0.304 e. The molecule has 1 atom stereocenters. The van der Waals surface area contributed by atoms with Crippen molar-refractivity contribution in [3.05, 3.63) is 59.0 Å². The van der Waals surface area contributed by atoms with Crippen molar-refractivity contribution in [3.8, 4) is 33.7 Å². The van der Waals surface area contributed by atoms with Crippen molar-refractivity contribution in [3.63, 3.8) is 0 Å². The Balaban J connectivity index is 1.27. The van der Waals surface area contributed by atoms with Gasteiger partial charge in [-0.2, -0.15) is 0 Å². The summed E-state index contributed by atoms with van der Waals surface area (Å²) in [7, 11) is 1.62. The van der Waals surface area contributed by atoms with E-state index < -0.39 is 5.97 Å². The lowest BCUT2D eigenvalue weighted by atomic mass is 9.97. The number of carboxylic acid groups (broad SMARTS) is 1. The highest BCUT2D eigenvalue weighted by Crippen LogP contribution is 2.36. The molecular weight excluding hydrogens is 466 g/mol. The summed E-state index contributed by atoms with van der Waals surface area (Å²) < 4.78 is 23.0. The van der Waals surface area contributed by atoms with Gasteiger partial charge in [-0.1, -0.05) is 18.2 Å². The summed E-state index contributed by atoms with van der Waals surface area (Å²) >= 11 is 1.52. The highest BCUT2D eigenvalue weighted by atomic mass is 32.1. The molecule has 0 fully saturated rings. The molecule has 1 aromatic heterocycles. The number of benzene rings is 2. The number of fused-ring (bicyclic) bond motifs is 1. The summed E-state index contributed by atoms with van der Waals surface area (Å²) in [6.07, 6.45) is 4.76. The number of allylic oxidation sites excluding steroid dienone is 1. The molecule has 1 N–H and O–H groups in total. The van der Waals surface area contributed by atoms with Crippen molar-refractivity contribution in [1.82, 2.24) is 4.98 Å². The highest BCUT2D eigenvalue weighted by molar-refractivity contribution is 7.13. The average molecular weight is 496 g/mol. The lowest BCUT2D eigenvalue weighted by molar-refractivity contribution is -0.137. The topological polar surface area (TPSA) is 87.1 Å². The summed E-state index contributed by atoms with van der Waals surface area (Å²) in [5.74, 6) is 1.82. The molecule has 1 unspecified atom stereocenters. The molecule has 0 saturated carbocycles. The Morgan fingerprint density at radius 3 is 2.71 bits per heavy atom. The summed E-state index contributed by atoms with van der Waals surface area (Å²) in [5.41, 5.74) is 2.98. The highest BCUT2D eigenvalue weighted by Gasteiger charge is 2.20. The first-order chi connectivity index (χ1) is 16.9. The van der Waals surface area contributed by atoms with Gasteiger partial charge in [0.1, 0.15) is 10.8 Å². The van der Waals surface area contributed by atoms with E-state index in [9.17, 15) is 4.79 Å². The van der Waals surface area contributed by atoms with E-state index in [1.54, 1.807) is 7.11 Å². The zero-order valence-electron chi connectivity index (χ0n) is 20.0. The Morgan fingerprint density at radius 2 is 1.94 bits per heavy atom. The van der Waals surface area contributed by atoms with E-state index in [-0.39, 0.29) is 18.4 Å². The molecule has 0 spiro atoms. The molecule has 3 aromatic rings. The largest absolute Gasteiger partial charge is 0.493 e. The van der Waals surface area contributed by atoms with Crippen LogP contribution < -0.4 is 18.9 Å². The normalized spacial score (nSPS) is 14.1. The molecule has 184 valence electrons. The third kappa shape index (κ3) is 6.33. The van der Waals surface area contributed by atoms with Gasteiger partial charge < -0.3 is 24.1 Å². The number of hydrogen-bond donors (Lipinski definition) is 1. The Hall–Kier alpha value is -3.52. The number of nitrogens with zero attached hydrogens (tertiary/aromatic N) is 1. The zero-order valence-corrected chi connectivity index (χ0v) is 20.8. The van der Waals surface area contributed by atoms with Gasteiger partial charge in [0.15, 0.2) is 11.5 Å². The monoisotopic (exact) mass is 495 g/mol. The standard InChI is InChI=1S/C27H29NO6S/c1-17(2)34-25-16-35-27(28-25)20-7-10-23(24(14-20)31-3)33-12-4-11-32-21-8-9-22-18(13-21)5-6-19(22)15-26(29)30/h5-10,13-14,16-17,19H,4,11-12,15H2,1-3H3,(H,29,30). The number of rotatable bonds is 12. The van der Waals surface area contributed by atoms with Crippen molar-refractivity contribution >= 4 is 23.4 Å². The van der Waals surface area contributed by atoms with Gasteiger partial charge in [-0.15, -0.1) is 11.3 Å². The van der Waals surface area contributed by atoms with Crippen LogP contribution >= 0.6 is 11.3 Å². The SMILES string of the molecule is COc1cc(-c2nc(OC(C)C)cs2)ccc1OCCCOc1ccc2c(c1)C=CC2CC(=O)O. The van der Waals surface area contributed by atoms with Crippen LogP contribution in [-0.4, -0.2) is 42.5 Å². The number of hydrogen-bond acceptors (Lipinski definition) is 7. The third-order valence-corrected chi connectivity index (χ3v) is 6.30. The van der Waals surface area contributed by atoms with Crippen LogP contribution in [0.2, 0.25) is 0 Å². The first-order valence-electron chi connectivity index (χ1n) is 11.5. The number of aliphatic carboxylic acids is 1. The maximum atomic E-state index is 11.0. The molecule has 0 aliphatic heterocycles. The average Bonchev–Trinajstić information content (AvgIpc) is 3.45. The Kier molecular flexibility index (Phi) is 7.92. The zero-order chi connectivity index (χ0) is 24.8. The van der Waals surface area contributed by atoms with Crippen LogP contribution in [0.25, 0.3) is 16.6 Å². The lowest BCUT2D eigenvalue weighted by Gasteiger charge is -2.13. The summed E-state index contributed by atoms with van der Waals surface area (Å²) in [6.45, 7) is 4.92. The van der Waals surface area contributed by atoms with E-state index in [0.717, 1.165) is 27.4 Å². The van der Waals surface area contributed by atoms with Gasteiger partial charge in [0, 0.05) is 17.9 Å². The molecule has 1 aliphatic carbocycles. The van der Waals surface area contributed by atoms with Crippen molar-refractivity contribution < 1.29 is 28.8 Å². The van der Waals surface area contributed by atoms with Crippen LogP contribution in [0.15, 0.2) is 47.9 Å². The van der Waals surface area contributed by atoms with Crippen LogP contribution in [0.4, 0.5) is 0 Å². The molecule has 0 amide bonds. The molecular formula is C27H29NO6S. The predicted octanol–water partition coefficient (Wildman–Crippen LogP) is 6.04. The van der Waals surface area contributed by atoms with E-state index in [0.29, 0.717) is 37.0 Å². The van der Waals surface area contributed by atoms with E-state index in [1.807, 2.05) is 67.8 Å². The molecule has 0 saturated heterocycles. The smallest absolute Gasteiger partial charge is 0.304 e. The number of ether oxygens (including phenoxy) is 4. The van der Waals surface area contributed by atoms with Crippen LogP contribution in [0.3, 0.4) is 0 Å². The second-order valence-corrected chi connectivity index (χ2v) is 9.29. The van der Waals surface area contributed by atoms with Crippen LogP contribution in [-0.2, 0) is 4.79 Å². The van der Waals surface area contributed by atoms with Gasteiger partial charge >= 0.3 is 5.97 Å². The molecule has 0 radical (unpaired) electrons. The van der Waals surface area contributed by atoms with E-state index >= 15 is 0 Å². The van der Waals surface area contributed by atoms with Crippen molar-refractivity contribution in [2.75, 3.05) is 20.3 Å². The Bertz CT molecular complexity index is 1200. The number of thiazole rings is 1. The number of aromatic nitrogens is 1. The quantitative estimate of drug-likeness (QED) is 0.307. The molecule has 7 nitrogen and oxygen atoms in total. The van der Waals surface area contributed by atoms with Gasteiger partial charge in [-0.25, -0.2) is 4.98 Å². The van der Waals surface area contributed by atoms with Gasteiger partial charge in [-0.05, 0) is 55.3 Å². The fourth-order valence-corrected chi connectivity index (χ4v) is 4.58. The van der Waals surface area contributed by atoms with Gasteiger partial charge in [0.05, 0.1) is 38.2 Å². The minimum Gasteiger partial charge on any atom is -0.493 e. The number of carboxylic acids is 1. The van der Waals surface area contributed by atoms with Crippen molar-refractivity contribution in [2.24, 2.45) is 0 Å². The maximum absolute atomic E-state index is 11.0. The number of carbonyl (C=O) groups is 1. The van der Waals surface area contributed by atoms with Crippen LogP contribution in [0.1, 0.15) is 43.7 Å². The third-order valence-electron chi connectivity index (χ3n) is 5.43. The Morgan fingerprint density at radius 1 is 1.11 bits per heavy atom. The fraction of sp³-hybridized carbons (Fsp3) is 0.333. The molecule has 35 heavy (non-hydrogen) atoms. The van der Waals surface area contributed by atoms with E-state index in [2.05, 4.69) is 4.98 Å². The predicted molar refractivity (Wildman–Crippen MR) is 136 cm³/mol. The summed E-state index contributed by atoms with van der Waals surface area (Å²) in [6, 6.07) is 11.6. The van der Waals surface area contributed by atoms with E-state index in [1.165, 1.54) is 11.3 Å². The fourth-order valence-electron chi connectivity index (χ4n) is 3.85. The molecule has 2 aromatic carbocycles. The Labute approximate surface area is 208 Å². The first-order valence-corrected chi connectivity index (χ1v) is 12.4. The summed E-state index contributed by atoms with van der Waals surface area (Å²) in [5, 5.41) is 11.8. The molecule has 4 rings (SSSR count). The molecule has 1 heterocycles. The molecule has 1 aliphatic rings. The van der Waals surface area contributed by atoms with Gasteiger partial charge in [-0.3, -0.25) is 4.79 Å². The van der Waals surface area contributed by atoms with E-state index in [4.69, 9.17) is 24.1 Å². The van der Waals surface area contributed by atoms with Crippen molar-refractivity contribution in [1.29, 1.82) is 0 Å². The first kappa shape index (κ1) is 24.6. The second kappa shape index (κ2) is 11.3. The number of methoxy groups -OCH3 is 1. The van der Waals surface area contributed by atoms with Gasteiger partial charge in [0.2, 0.25) is 5.88 Å². The molecule has 0 bridgehead atoms. The minimum absolute atomic E-state index is 0.0719. The van der Waals surface area contributed by atoms with Crippen molar-refractivity contribution in [2.45, 2.75) is 38.7 Å². The lowest BCUT2D eigenvalue weighted by Crippen LogP contribution is -2.06. The molecule has 8 heteroatoms.